The van der Waals surface area contributed by atoms with Crippen LogP contribution in [0.3, 0.4) is 0 Å². The quantitative estimate of drug-likeness (QED) is 0.391. The Bertz CT molecular complexity index is 1570. The van der Waals surface area contributed by atoms with Crippen LogP contribution in [0, 0.1) is 0 Å². The van der Waals surface area contributed by atoms with E-state index in [0.717, 1.165) is 61.3 Å². The molecule has 3 aliphatic heterocycles. The molecule has 6 nitrogen and oxygen atoms in total. The van der Waals surface area contributed by atoms with E-state index >= 15 is 0 Å². The number of benzene rings is 3. The predicted molar refractivity (Wildman–Crippen MR) is 181 cm³/mol. The maximum Gasteiger partial charge on any atom is 0.492 e. The van der Waals surface area contributed by atoms with Gasteiger partial charge in [0.15, 0.2) is 0 Å². The van der Waals surface area contributed by atoms with Crippen molar-refractivity contribution in [2.75, 3.05) is 0 Å². The number of fused-ring (bicyclic) bond motifs is 8. The van der Waals surface area contributed by atoms with E-state index in [1.54, 1.807) is 0 Å². The van der Waals surface area contributed by atoms with E-state index in [2.05, 4.69) is 51.1 Å². The Labute approximate surface area is 268 Å². The van der Waals surface area contributed by atoms with Crippen LogP contribution in [-0.2, 0) is 52.5 Å². The van der Waals surface area contributed by atoms with Crippen molar-refractivity contribution in [2.24, 2.45) is 0 Å². The average molecular weight is 606 g/mol. The first kappa shape index (κ1) is 31.2. The Morgan fingerprint density at radius 2 is 1.09 bits per heavy atom. The van der Waals surface area contributed by atoms with E-state index in [-0.39, 0.29) is 18.3 Å². The van der Waals surface area contributed by atoms with Crippen molar-refractivity contribution in [1.82, 2.24) is 0 Å². The minimum absolute atomic E-state index is 0.0981. The highest BCUT2D eigenvalue weighted by atomic mass is 16.5. The van der Waals surface area contributed by atoms with Gasteiger partial charge in [-0.15, -0.1) is 0 Å². The zero-order chi connectivity index (χ0) is 31.2. The zero-order valence-corrected chi connectivity index (χ0v) is 27.0. The van der Waals surface area contributed by atoms with Crippen molar-refractivity contribution in [3.05, 3.63) is 86.5 Å². The van der Waals surface area contributed by atoms with Crippen LogP contribution in [0.25, 0.3) is 0 Å². The van der Waals surface area contributed by atoms with Crippen LogP contribution in [0.5, 0.6) is 0 Å². The largest absolute Gasteiger partial charge is 0.492 e. The first-order valence-corrected chi connectivity index (χ1v) is 17.4. The third kappa shape index (κ3) is 5.64. The van der Waals surface area contributed by atoms with Crippen LogP contribution in [0.4, 0.5) is 0 Å². The summed E-state index contributed by atoms with van der Waals surface area (Å²) >= 11 is 0. The topological polar surface area (TPSA) is 88.4 Å². The molecule has 3 heterocycles. The smallest absolute Gasteiger partial charge is 0.423 e. The first-order chi connectivity index (χ1) is 21.9. The van der Waals surface area contributed by atoms with Crippen molar-refractivity contribution in [3.8, 4) is 0 Å². The highest BCUT2D eigenvalue weighted by Crippen LogP contribution is 2.35. The van der Waals surface area contributed by atoms with Crippen LogP contribution in [0.1, 0.15) is 128 Å². The van der Waals surface area contributed by atoms with Crippen LogP contribution >= 0.6 is 0 Å². The molecule has 0 aromatic heterocycles. The van der Waals surface area contributed by atoms with E-state index < -0.39 is 21.4 Å². The molecule has 0 bridgehead atoms. The lowest BCUT2D eigenvalue weighted by atomic mass is 9.75. The molecule has 0 saturated carbocycles. The van der Waals surface area contributed by atoms with E-state index in [4.69, 9.17) is 14.0 Å². The second-order valence-electron chi connectivity index (χ2n) is 13.4. The third-order valence-corrected chi connectivity index (χ3v) is 10.8. The molecule has 6 aliphatic rings. The van der Waals surface area contributed by atoms with Crippen molar-refractivity contribution < 1.29 is 29.0 Å². The molecule has 3 aromatic carbocycles. The fourth-order valence-electron chi connectivity index (χ4n) is 8.58. The Hall–Kier alpha value is -2.39. The lowest BCUT2D eigenvalue weighted by Gasteiger charge is -2.13. The van der Waals surface area contributed by atoms with E-state index in [1.165, 1.54) is 82.2 Å². The minimum atomic E-state index is -0.698. The number of hydrogen-bond donors (Lipinski definition) is 3. The summed E-state index contributed by atoms with van der Waals surface area (Å²) < 4.78 is 16.6. The number of hydrogen-bond acceptors (Lipinski definition) is 6. The maximum absolute atomic E-state index is 9.92. The van der Waals surface area contributed by atoms with Gasteiger partial charge < -0.3 is 29.0 Å². The zero-order valence-electron chi connectivity index (χ0n) is 27.0. The summed E-state index contributed by atoms with van der Waals surface area (Å²) in [5.74, 6) is 0. The molecular formula is C36H45B3O6. The molecule has 0 spiro atoms. The van der Waals surface area contributed by atoms with Crippen LogP contribution in [-0.4, -0.2) is 36.4 Å². The number of aryl methyl sites for hydroxylation is 4. The van der Waals surface area contributed by atoms with Gasteiger partial charge >= 0.3 is 21.4 Å². The molecule has 3 aromatic rings. The average Bonchev–Trinajstić information content (AvgIpc) is 3.90. The molecule has 0 amide bonds. The molecular weight excluding hydrogens is 561 g/mol. The second kappa shape index (κ2) is 13.0. The van der Waals surface area contributed by atoms with Crippen molar-refractivity contribution >= 4 is 37.7 Å². The lowest BCUT2D eigenvalue weighted by molar-refractivity contribution is 0.185. The van der Waals surface area contributed by atoms with Crippen LogP contribution in [0.2, 0.25) is 0 Å². The van der Waals surface area contributed by atoms with Gasteiger partial charge in [0, 0.05) is 0 Å². The van der Waals surface area contributed by atoms with Gasteiger partial charge in [0.05, 0.1) is 18.3 Å². The molecule has 9 rings (SSSR count). The summed E-state index contributed by atoms with van der Waals surface area (Å²) in [5.41, 5.74) is 15.4. The molecule has 234 valence electrons. The van der Waals surface area contributed by atoms with Gasteiger partial charge in [-0.3, -0.25) is 0 Å². The summed E-state index contributed by atoms with van der Waals surface area (Å²) in [7, 11) is -2.08. The third-order valence-electron chi connectivity index (χ3n) is 10.8. The van der Waals surface area contributed by atoms with E-state index in [9.17, 15) is 15.1 Å². The van der Waals surface area contributed by atoms with Gasteiger partial charge in [-0.2, -0.15) is 0 Å². The normalized spacial score (nSPS) is 23.1. The first-order valence-electron chi connectivity index (χ1n) is 17.4. The lowest BCUT2D eigenvalue weighted by Crippen LogP contribution is -2.31. The standard InChI is InChI=1S/3C12H15BO2/c1-2-12-10-6-8-4-3-5-9(8)7-11(10)13(14)15-12;1-2-11-12-9-5-3-4-8(9)6-7-10(12)13(14)15-11;1-2-11-10-7-6-8-4-3-5-9(8)12(10)13(14)15-11/h6-7,12,14H,2-5H2,1H3;2*6-7,11,14H,2-5H2,1H3. The van der Waals surface area contributed by atoms with Crippen LogP contribution in [0.15, 0.2) is 36.4 Å². The Balaban J connectivity index is 0.000000108. The monoisotopic (exact) mass is 606 g/mol. The van der Waals surface area contributed by atoms with Gasteiger partial charge in [-0.1, -0.05) is 57.2 Å². The highest BCUT2D eigenvalue weighted by molar-refractivity contribution is 6.63. The molecule has 0 fully saturated rings. The molecule has 9 heteroatoms. The molecule has 45 heavy (non-hydrogen) atoms. The SMILES string of the molecule is CCC1OB(O)c2c1ccc1c2CCC1.CCC1OB(O)c2cc3c(cc21)CCC3.CCC1OB(O)c2ccc3c(c21)CCC3. The molecule has 3 N–H and O–H groups in total. The van der Waals surface area contributed by atoms with Crippen molar-refractivity contribution in [2.45, 2.75) is 116 Å². The Kier molecular flexibility index (Phi) is 9.03. The summed E-state index contributed by atoms with van der Waals surface area (Å²) in [4.78, 5) is 0. The molecule has 3 atom stereocenters. The van der Waals surface area contributed by atoms with Gasteiger partial charge in [0.1, 0.15) is 0 Å². The Morgan fingerprint density at radius 1 is 0.556 bits per heavy atom. The summed E-state index contributed by atoms with van der Waals surface area (Å²) in [6.45, 7) is 6.31. The van der Waals surface area contributed by atoms with Crippen LogP contribution < -0.4 is 16.4 Å². The molecule has 0 saturated heterocycles. The summed E-state index contributed by atoms with van der Waals surface area (Å²) in [5, 5.41) is 29.5. The fourth-order valence-corrected chi connectivity index (χ4v) is 8.58. The fraction of sp³-hybridized carbons (Fsp3) is 0.500. The molecule has 3 aliphatic carbocycles. The van der Waals surface area contributed by atoms with Gasteiger partial charge in [0.25, 0.3) is 0 Å². The Morgan fingerprint density at radius 3 is 1.82 bits per heavy atom. The summed E-state index contributed by atoms with van der Waals surface area (Å²) in [6.07, 6.45) is 13.8. The maximum atomic E-state index is 9.92. The van der Waals surface area contributed by atoms with Crippen molar-refractivity contribution in [3.63, 3.8) is 0 Å². The predicted octanol–water partition coefficient (Wildman–Crippen LogP) is 4.03. The van der Waals surface area contributed by atoms with E-state index in [0.29, 0.717) is 0 Å². The second-order valence-corrected chi connectivity index (χ2v) is 13.4. The van der Waals surface area contributed by atoms with Gasteiger partial charge in [0.2, 0.25) is 0 Å². The minimum Gasteiger partial charge on any atom is -0.423 e. The van der Waals surface area contributed by atoms with Gasteiger partial charge in [-0.25, -0.2) is 0 Å². The van der Waals surface area contributed by atoms with Crippen molar-refractivity contribution in [1.29, 1.82) is 0 Å². The molecule has 3 unspecified atom stereocenters. The highest BCUT2D eigenvalue weighted by Gasteiger charge is 2.39. The number of rotatable bonds is 3. The summed E-state index contributed by atoms with van der Waals surface area (Å²) in [6, 6.07) is 13.0. The molecule has 0 radical (unpaired) electrons. The van der Waals surface area contributed by atoms with E-state index in [1.807, 2.05) is 6.07 Å². The van der Waals surface area contributed by atoms with Gasteiger partial charge in [-0.05, 0) is 144 Å².